The van der Waals surface area contributed by atoms with Gasteiger partial charge in [0.15, 0.2) is 0 Å². The number of aliphatic hydroxyl groups excluding tert-OH is 2. The lowest BCUT2D eigenvalue weighted by molar-refractivity contribution is -0.139. The number of aliphatic imine (C=N–C) groups is 2. The Hall–Kier alpha value is -3.16. The molecule has 1 aromatic rings. The molecule has 10 heteroatoms. The van der Waals surface area contributed by atoms with E-state index in [4.69, 9.17) is 20.4 Å². The van der Waals surface area contributed by atoms with Gasteiger partial charge in [-0.2, -0.15) is 9.98 Å². The molecule has 27 heavy (non-hydrogen) atoms. The van der Waals surface area contributed by atoms with Crippen LogP contribution in [0.25, 0.3) is 0 Å². The summed E-state index contributed by atoms with van der Waals surface area (Å²) in [6.45, 7) is 1.55. The molecule has 0 spiro atoms. The number of unbranched alkanes of at least 4 members (excludes halogenated alkanes) is 1. The van der Waals surface area contributed by atoms with Gasteiger partial charge in [0.2, 0.25) is 12.2 Å². The summed E-state index contributed by atoms with van der Waals surface area (Å²) in [5.74, 6) is -1.74. The fourth-order valence-electron chi connectivity index (χ4n) is 1.44. The molecular weight excluding hydrogens is 360 g/mol. The predicted octanol–water partition coefficient (Wildman–Crippen LogP) is 1.62. The minimum atomic E-state index is -0.870. The lowest BCUT2D eigenvalue weighted by atomic mass is 10.2. The molecule has 0 aliphatic heterocycles. The second-order valence-corrected chi connectivity index (χ2v) is 4.82. The molecule has 0 aliphatic rings. The van der Waals surface area contributed by atoms with E-state index in [0.717, 1.165) is 5.56 Å². The third kappa shape index (κ3) is 17.5. The number of aliphatic carboxylic acids is 2. The third-order valence-electron chi connectivity index (χ3n) is 2.66. The maximum atomic E-state index is 10.00. The van der Waals surface area contributed by atoms with Crippen LogP contribution in [-0.2, 0) is 19.2 Å². The Morgan fingerprint density at radius 3 is 1.78 bits per heavy atom. The van der Waals surface area contributed by atoms with E-state index in [1.807, 2.05) is 0 Å². The smallest absolute Gasteiger partial charge is 0.303 e. The van der Waals surface area contributed by atoms with E-state index in [9.17, 15) is 19.2 Å². The summed E-state index contributed by atoms with van der Waals surface area (Å²) in [4.78, 5) is 46.6. The number of aryl methyl sites for hydroxylation is 1. The van der Waals surface area contributed by atoms with Crippen molar-refractivity contribution >= 4 is 35.5 Å². The number of nitrogens with zero attached hydrogens (tertiary/aromatic N) is 2. The van der Waals surface area contributed by atoms with Crippen LogP contribution in [0.1, 0.15) is 31.2 Å². The van der Waals surface area contributed by atoms with Crippen molar-refractivity contribution in [1.82, 2.24) is 0 Å². The first-order chi connectivity index (χ1) is 12.8. The van der Waals surface area contributed by atoms with Crippen LogP contribution in [0.15, 0.2) is 28.2 Å². The molecule has 1 aromatic carbocycles. The normalized spacial score (nSPS) is 8.56. The van der Waals surface area contributed by atoms with Gasteiger partial charge in [-0.05, 0) is 37.5 Å². The Labute approximate surface area is 155 Å². The average molecular weight is 382 g/mol. The van der Waals surface area contributed by atoms with Crippen LogP contribution in [-0.4, -0.2) is 57.7 Å². The molecule has 0 radical (unpaired) electrons. The number of carboxylic acids is 2. The Bertz CT molecular complexity index is 660. The average Bonchev–Trinajstić information content (AvgIpc) is 2.62. The lowest BCUT2D eigenvalue weighted by Gasteiger charge is -1.97. The highest BCUT2D eigenvalue weighted by Crippen LogP contribution is 2.23. The van der Waals surface area contributed by atoms with E-state index in [0.29, 0.717) is 24.2 Å². The van der Waals surface area contributed by atoms with Gasteiger partial charge in [-0.15, -0.1) is 0 Å². The Morgan fingerprint density at radius 2 is 1.41 bits per heavy atom. The second kappa shape index (κ2) is 17.7. The van der Waals surface area contributed by atoms with Crippen molar-refractivity contribution in [2.45, 2.75) is 32.6 Å². The highest BCUT2D eigenvalue weighted by Gasteiger charge is 1.99. The first kappa shape index (κ1) is 26.1. The van der Waals surface area contributed by atoms with E-state index in [2.05, 4.69) is 9.98 Å². The van der Waals surface area contributed by atoms with Crippen molar-refractivity contribution in [3.63, 3.8) is 0 Å². The number of hydrogen-bond donors (Lipinski definition) is 4. The molecule has 0 aliphatic carbocycles. The molecule has 0 atom stereocenters. The molecule has 1 rings (SSSR count). The maximum Gasteiger partial charge on any atom is 0.303 e. The first-order valence-electron chi connectivity index (χ1n) is 7.74. The summed E-state index contributed by atoms with van der Waals surface area (Å²) in [7, 11) is 0. The van der Waals surface area contributed by atoms with Crippen molar-refractivity contribution in [3.05, 3.63) is 23.8 Å². The molecule has 10 nitrogen and oxygen atoms in total. The largest absolute Gasteiger partial charge is 0.481 e. The minimum Gasteiger partial charge on any atom is -0.481 e. The van der Waals surface area contributed by atoms with Gasteiger partial charge in [0.25, 0.3) is 0 Å². The summed E-state index contributed by atoms with van der Waals surface area (Å²) >= 11 is 0. The van der Waals surface area contributed by atoms with E-state index in [1.165, 1.54) is 18.2 Å². The fourth-order valence-corrected chi connectivity index (χ4v) is 1.44. The zero-order valence-corrected chi connectivity index (χ0v) is 14.8. The Balaban J connectivity index is 0. The molecular formula is C17H22N2O8. The zero-order valence-electron chi connectivity index (χ0n) is 14.8. The zero-order chi connectivity index (χ0) is 21.1. The summed E-state index contributed by atoms with van der Waals surface area (Å²) in [5.41, 5.74) is 1.72. The first-order valence-corrected chi connectivity index (χ1v) is 7.74. The SMILES string of the molecule is Cc1ccc(N=C=O)cc1N=C=O.O=C(O)CCCCC(=O)O.OCCO. The van der Waals surface area contributed by atoms with Crippen molar-refractivity contribution < 1.29 is 39.6 Å². The number of isocyanates is 2. The van der Waals surface area contributed by atoms with Gasteiger partial charge in [-0.1, -0.05) is 6.07 Å². The number of carbonyl (C=O) groups is 2. The van der Waals surface area contributed by atoms with Crippen LogP contribution in [0.5, 0.6) is 0 Å². The number of benzene rings is 1. The number of rotatable bonds is 8. The summed E-state index contributed by atoms with van der Waals surface area (Å²) in [6, 6.07) is 4.88. The number of carboxylic acid groups (broad SMARTS) is 2. The van der Waals surface area contributed by atoms with E-state index >= 15 is 0 Å². The van der Waals surface area contributed by atoms with Gasteiger partial charge < -0.3 is 20.4 Å². The molecule has 148 valence electrons. The summed E-state index contributed by atoms with van der Waals surface area (Å²) in [5, 5.41) is 31.5. The van der Waals surface area contributed by atoms with E-state index < -0.39 is 11.9 Å². The standard InChI is InChI=1S/C9H6N2O2.C6H10O4.C2H6O2/c1-7-2-3-8(10-5-12)4-9(7)11-6-13;7-5(8)3-1-2-4-6(9)10;3-1-2-4/h2-4H,1H3;1-4H2,(H,7,8)(H,9,10);3-4H,1-2H2. The van der Waals surface area contributed by atoms with E-state index in [-0.39, 0.29) is 26.1 Å². The fraction of sp³-hybridized carbons (Fsp3) is 0.412. The van der Waals surface area contributed by atoms with Crippen LogP contribution < -0.4 is 0 Å². The van der Waals surface area contributed by atoms with Gasteiger partial charge >= 0.3 is 11.9 Å². The molecule has 4 N–H and O–H groups in total. The third-order valence-corrected chi connectivity index (χ3v) is 2.66. The monoisotopic (exact) mass is 382 g/mol. The van der Waals surface area contributed by atoms with Crippen LogP contribution in [0.4, 0.5) is 11.4 Å². The van der Waals surface area contributed by atoms with Crippen LogP contribution in [0.2, 0.25) is 0 Å². The van der Waals surface area contributed by atoms with Gasteiger partial charge in [0.1, 0.15) is 0 Å². The molecule has 0 aromatic heterocycles. The van der Waals surface area contributed by atoms with Crippen molar-refractivity contribution in [1.29, 1.82) is 0 Å². The molecule has 0 amide bonds. The number of hydrogen-bond acceptors (Lipinski definition) is 8. The van der Waals surface area contributed by atoms with Crippen LogP contribution in [0, 0.1) is 6.92 Å². The van der Waals surface area contributed by atoms with Gasteiger partial charge in [-0.3, -0.25) is 9.59 Å². The van der Waals surface area contributed by atoms with E-state index in [1.54, 1.807) is 19.1 Å². The Kier molecular flexibility index (Phi) is 17.1. The molecule has 0 unspecified atom stereocenters. The second-order valence-electron chi connectivity index (χ2n) is 4.82. The van der Waals surface area contributed by atoms with Gasteiger partial charge in [-0.25, -0.2) is 9.59 Å². The van der Waals surface area contributed by atoms with Gasteiger partial charge in [0, 0.05) is 12.8 Å². The number of aliphatic hydroxyl groups is 2. The summed E-state index contributed by atoms with van der Waals surface area (Å²) in [6.07, 6.45) is 3.85. The van der Waals surface area contributed by atoms with Crippen molar-refractivity contribution in [2.75, 3.05) is 13.2 Å². The minimum absolute atomic E-state index is 0.0628. The predicted molar refractivity (Wildman–Crippen MR) is 94.7 cm³/mol. The summed E-state index contributed by atoms with van der Waals surface area (Å²) < 4.78 is 0. The van der Waals surface area contributed by atoms with Gasteiger partial charge in [0.05, 0.1) is 24.6 Å². The molecule has 0 heterocycles. The highest BCUT2D eigenvalue weighted by molar-refractivity contribution is 5.68. The molecule has 0 saturated heterocycles. The van der Waals surface area contributed by atoms with Crippen molar-refractivity contribution in [3.8, 4) is 0 Å². The van der Waals surface area contributed by atoms with Crippen LogP contribution >= 0.6 is 0 Å². The van der Waals surface area contributed by atoms with Crippen molar-refractivity contribution in [2.24, 2.45) is 9.98 Å². The molecule has 0 fully saturated rings. The maximum absolute atomic E-state index is 10.00. The number of carbonyl (C=O) groups excluding carboxylic acids is 2. The highest BCUT2D eigenvalue weighted by atomic mass is 16.4. The Morgan fingerprint density at radius 1 is 0.926 bits per heavy atom. The lowest BCUT2D eigenvalue weighted by Crippen LogP contribution is -1.97. The van der Waals surface area contributed by atoms with Crippen LogP contribution in [0.3, 0.4) is 0 Å². The molecule has 0 saturated carbocycles. The topological polar surface area (TPSA) is 174 Å². The quantitative estimate of drug-likeness (QED) is 0.298. The molecule has 0 bridgehead atoms.